The van der Waals surface area contributed by atoms with Crippen molar-refractivity contribution in [3.8, 4) is 11.8 Å². The van der Waals surface area contributed by atoms with Crippen LogP contribution >= 0.6 is 0 Å². The Hall–Kier alpha value is -0.263. The summed E-state index contributed by atoms with van der Waals surface area (Å²) in [6.45, 7) is 14.0. The Balaban J connectivity index is 3.94. The molecule has 0 heterocycles. The van der Waals surface area contributed by atoms with Crippen molar-refractivity contribution in [1.82, 2.24) is 0 Å². The van der Waals surface area contributed by atoms with Gasteiger partial charge in [0, 0.05) is 13.0 Å². The first-order valence-electron chi connectivity index (χ1n) is 4.85. The molecule has 2 heteroatoms. The largest absolute Gasteiger partial charge is 0.416 e. The fourth-order valence-corrected chi connectivity index (χ4v) is 1.74. The summed E-state index contributed by atoms with van der Waals surface area (Å²) in [5.41, 5.74) is 0. The highest BCUT2D eigenvalue weighted by molar-refractivity contribution is 6.74. The molecule has 0 aromatic carbocycles. The maximum absolute atomic E-state index is 5.93. The Morgan fingerprint density at radius 1 is 1.23 bits per heavy atom. The molecule has 0 rings (SSSR count). The Morgan fingerprint density at radius 3 is 2.15 bits per heavy atom. The molecule has 0 spiro atoms. The lowest BCUT2D eigenvalue weighted by Gasteiger charge is -2.35. The van der Waals surface area contributed by atoms with Crippen molar-refractivity contribution < 1.29 is 4.43 Å². The van der Waals surface area contributed by atoms with E-state index in [1.165, 1.54) is 0 Å². The summed E-state index contributed by atoms with van der Waals surface area (Å²) >= 11 is 0. The summed E-state index contributed by atoms with van der Waals surface area (Å²) in [5.74, 6) is 5.90. The van der Waals surface area contributed by atoms with Crippen LogP contribution in [0.3, 0.4) is 0 Å². The number of hydrogen-bond donors (Lipinski definition) is 0. The molecule has 0 aromatic rings. The lowest BCUT2D eigenvalue weighted by molar-refractivity contribution is 0.296. The smallest absolute Gasteiger partial charge is 0.192 e. The van der Waals surface area contributed by atoms with Gasteiger partial charge in [-0.3, -0.25) is 0 Å². The van der Waals surface area contributed by atoms with Crippen molar-refractivity contribution in [2.24, 2.45) is 0 Å². The third-order valence-corrected chi connectivity index (χ3v) is 7.21. The molecular weight excluding hydrogens is 176 g/mol. The average Bonchev–Trinajstić information content (AvgIpc) is 1.96. The zero-order valence-corrected chi connectivity index (χ0v) is 10.8. The van der Waals surface area contributed by atoms with Gasteiger partial charge in [0.15, 0.2) is 8.32 Å². The van der Waals surface area contributed by atoms with Crippen molar-refractivity contribution in [3.63, 3.8) is 0 Å². The average molecular weight is 198 g/mol. The Labute approximate surface area is 84.0 Å². The van der Waals surface area contributed by atoms with Gasteiger partial charge >= 0.3 is 0 Å². The molecule has 0 atom stereocenters. The maximum Gasteiger partial charge on any atom is 0.192 e. The summed E-state index contributed by atoms with van der Waals surface area (Å²) in [7, 11) is -1.52. The first-order valence-corrected chi connectivity index (χ1v) is 7.75. The van der Waals surface area contributed by atoms with E-state index in [1.807, 2.05) is 6.92 Å². The van der Waals surface area contributed by atoms with E-state index in [4.69, 9.17) is 4.43 Å². The zero-order valence-electron chi connectivity index (χ0n) is 9.82. The van der Waals surface area contributed by atoms with Crippen LogP contribution in [0.4, 0.5) is 0 Å². The fourth-order valence-electron chi connectivity index (χ4n) is 0.699. The maximum atomic E-state index is 5.93. The van der Waals surface area contributed by atoms with E-state index in [0.717, 1.165) is 13.0 Å². The molecule has 1 nitrogen and oxygen atoms in total. The van der Waals surface area contributed by atoms with Gasteiger partial charge in [0.25, 0.3) is 0 Å². The van der Waals surface area contributed by atoms with E-state index < -0.39 is 8.32 Å². The van der Waals surface area contributed by atoms with Gasteiger partial charge in [0.05, 0.1) is 0 Å². The lowest BCUT2D eigenvalue weighted by atomic mass is 10.2. The Bertz CT molecular complexity index is 202. The standard InChI is InChI=1S/C11H22OSi/c1-7-8-9-10-12-13(5,6)11(2,3)4/h9-10H2,1-6H3. The molecule has 0 unspecified atom stereocenters. The molecule has 0 saturated carbocycles. The van der Waals surface area contributed by atoms with E-state index in [9.17, 15) is 0 Å². The van der Waals surface area contributed by atoms with Gasteiger partial charge in [-0.1, -0.05) is 20.8 Å². The molecule has 0 N–H and O–H groups in total. The lowest BCUT2D eigenvalue weighted by Crippen LogP contribution is -2.40. The van der Waals surface area contributed by atoms with Crippen LogP contribution < -0.4 is 0 Å². The molecule has 0 aromatic heterocycles. The van der Waals surface area contributed by atoms with Gasteiger partial charge in [0.1, 0.15) is 0 Å². The Kier molecular flexibility index (Phi) is 4.73. The Morgan fingerprint density at radius 2 is 1.77 bits per heavy atom. The molecule has 76 valence electrons. The summed E-state index contributed by atoms with van der Waals surface area (Å²) < 4.78 is 5.93. The highest BCUT2D eigenvalue weighted by Crippen LogP contribution is 2.36. The van der Waals surface area contributed by atoms with Crippen LogP contribution in [0.5, 0.6) is 0 Å². The van der Waals surface area contributed by atoms with Crippen molar-refractivity contribution in [2.75, 3.05) is 6.61 Å². The molecule has 0 saturated heterocycles. The van der Waals surface area contributed by atoms with Gasteiger partial charge < -0.3 is 4.43 Å². The molecule has 0 aliphatic carbocycles. The van der Waals surface area contributed by atoms with Gasteiger partial charge in [-0.2, -0.15) is 0 Å². The second kappa shape index (κ2) is 4.83. The van der Waals surface area contributed by atoms with E-state index in [2.05, 4.69) is 45.7 Å². The molecule has 0 radical (unpaired) electrons. The van der Waals surface area contributed by atoms with Crippen LogP contribution in [0.2, 0.25) is 18.1 Å². The van der Waals surface area contributed by atoms with E-state index in [0.29, 0.717) is 5.04 Å². The van der Waals surface area contributed by atoms with Crippen LogP contribution in [0.1, 0.15) is 34.1 Å². The predicted molar refractivity (Wildman–Crippen MR) is 61.2 cm³/mol. The quantitative estimate of drug-likeness (QED) is 0.383. The van der Waals surface area contributed by atoms with Crippen LogP contribution in [0.15, 0.2) is 0 Å². The number of rotatable bonds is 3. The summed E-state index contributed by atoms with van der Waals surface area (Å²) in [5, 5.41) is 0.312. The fraction of sp³-hybridized carbons (Fsp3) is 0.818. The first-order chi connectivity index (χ1) is 5.81. The van der Waals surface area contributed by atoms with Crippen LogP contribution in [-0.4, -0.2) is 14.9 Å². The molecule has 13 heavy (non-hydrogen) atoms. The van der Waals surface area contributed by atoms with Crippen molar-refractivity contribution in [2.45, 2.75) is 52.2 Å². The third-order valence-electron chi connectivity index (χ3n) is 2.67. The zero-order chi connectivity index (χ0) is 10.5. The molecule has 0 aliphatic rings. The predicted octanol–water partition coefficient (Wildman–Crippen LogP) is 3.42. The highest BCUT2D eigenvalue weighted by Gasteiger charge is 2.36. The van der Waals surface area contributed by atoms with Crippen molar-refractivity contribution >= 4 is 8.32 Å². The van der Waals surface area contributed by atoms with Gasteiger partial charge in [-0.05, 0) is 25.1 Å². The van der Waals surface area contributed by atoms with Crippen LogP contribution in [0.25, 0.3) is 0 Å². The van der Waals surface area contributed by atoms with E-state index in [1.54, 1.807) is 0 Å². The minimum Gasteiger partial charge on any atom is -0.416 e. The van der Waals surface area contributed by atoms with Crippen LogP contribution in [0, 0.1) is 11.8 Å². The minimum absolute atomic E-state index is 0.312. The normalized spacial score (nSPS) is 12.2. The van der Waals surface area contributed by atoms with Gasteiger partial charge in [-0.25, -0.2) is 0 Å². The van der Waals surface area contributed by atoms with Crippen molar-refractivity contribution in [3.05, 3.63) is 0 Å². The molecule has 0 bridgehead atoms. The monoisotopic (exact) mass is 198 g/mol. The topological polar surface area (TPSA) is 9.23 Å². The first kappa shape index (κ1) is 12.7. The summed E-state index contributed by atoms with van der Waals surface area (Å²) in [6, 6.07) is 0. The van der Waals surface area contributed by atoms with E-state index >= 15 is 0 Å². The van der Waals surface area contributed by atoms with Crippen molar-refractivity contribution in [1.29, 1.82) is 0 Å². The molecule has 0 amide bonds. The number of hydrogen-bond acceptors (Lipinski definition) is 1. The summed E-state index contributed by atoms with van der Waals surface area (Å²) in [6.07, 6.45) is 0.864. The van der Waals surface area contributed by atoms with Gasteiger partial charge in [-0.15, -0.1) is 11.8 Å². The minimum atomic E-state index is -1.52. The molecule has 0 fully saturated rings. The van der Waals surface area contributed by atoms with Crippen LogP contribution in [-0.2, 0) is 4.43 Å². The highest BCUT2D eigenvalue weighted by atomic mass is 28.4. The second-order valence-electron chi connectivity index (χ2n) is 4.79. The second-order valence-corrected chi connectivity index (χ2v) is 9.59. The van der Waals surface area contributed by atoms with E-state index in [-0.39, 0.29) is 0 Å². The molecule has 0 aliphatic heterocycles. The SMILES string of the molecule is CC#CCCO[Si](C)(C)C(C)(C)C. The van der Waals surface area contributed by atoms with Gasteiger partial charge in [0.2, 0.25) is 0 Å². The third kappa shape index (κ3) is 4.49. The molecular formula is C11H22OSi. The summed E-state index contributed by atoms with van der Waals surface area (Å²) in [4.78, 5) is 0.